The average Bonchev–Trinajstić information content (AvgIpc) is 2.17. The number of halogens is 1. The summed E-state index contributed by atoms with van der Waals surface area (Å²) in [5.74, 6) is -0.591. The molecular weight excluding hydrogens is 204 g/mol. The lowest BCUT2D eigenvalue weighted by Crippen LogP contribution is -2.04. The lowest BCUT2D eigenvalue weighted by Gasteiger charge is -2.04. The third-order valence-electron chi connectivity index (χ3n) is 1.66. The van der Waals surface area contributed by atoms with Gasteiger partial charge in [0.15, 0.2) is 0 Å². The normalized spacial score (nSPS) is 9.21. The predicted molar refractivity (Wildman–Crippen MR) is 51.9 cm³/mol. The Morgan fingerprint density at radius 2 is 2.29 bits per heavy atom. The molecular formula is C9H7ClN2O2. The van der Waals surface area contributed by atoms with E-state index in [1.54, 1.807) is 0 Å². The van der Waals surface area contributed by atoms with Gasteiger partial charge in [-0.25, -0.2) is 4.79 Å². The van der Waals surface area contributed by atoms with Gasteiger partial charge in [-0.15, -0.1) is 0 Å². The highest BCUT2D eigenvalue weighted by Gasteiger charge is 2.13. The van der Waals surface area contributed by atoms with Crippen LogP contribution >= 0.6 is 11.6 Å². The molecule has 0 saturated carbocycles. The van der Waals surface area contributed by atoms with Crippen molar-refractivity contribution in [3.8, 4) is 6.07 Å². The van der Waals surface area contributed by atoms with Crippen molar-refractivity contribution in [1.82, 2.24) is 0 Å². The van der Waals surface area contributed by atoms with Gasteiger partial charge in [0.25, 0.3) is 0 Å². The number of benzene rings is 1. The van der Waals surface area contributed by atoms with Gasteiger partial charge in [-0.1, -0.05) is 11.6 Å². The molecule has 14 heavy (non-hydrogen) atoms. The second kappa shape index (κ2) is 3.99. The van der Waals surface area contributed by atoms with Crippen molar-refractivity contribution in [2.24, 2.45) is 0 Å². The second-order valence-corrected chi connectivity index (χ2v) is 2.93. The van der Waals surface area contributed by atoms with Gasteiger partial charge in [-0.2, -0.15) is 5.26 Å². The average molecular weight is 211 g/mol. The topological polar surface area (TPSA) is 76.1 Å². The fourth-order valence-electron chi connectivity index (χ4n) is 0.952. The van der Waals surface area contributed by atoms with Crippen LogP contribution in [0.2, 0.25) is 5.02 Å². The van der Waals surface area contributed by atoms with Crippen LogP contribution in [0.1, 0.15) is 15.9 Å². The first-order chi connectivity index (χ1) is 6.60. The maximum absolute atomic E-state index is 11.2. The van der Waals surface area contributed by atoms with E-state index in [0.29, 0.717) is 0 Å². The number of carbonyl (C=O) groups is 1. The molecule has 0 spiro atoms. The zero-order valence-electron chi connectivity index (χ0n) is 7.37. The number of hydrogen-bond donors (Lipinski definition) is 1. The van der Waals surface area contributed by atoms with E-state index in [-0.39, 0.29) is 21.8 Å². The number of anilines is 1. The molecule has 0 bridgehead atoms. The van der Waals surface area contributed by atoms with Crippen molar-refractivity contribution in [3.05, 3.63) is 28.3 Å². The maximum atomic E-state index is 11.2. The summed E-state index contributed by atoms with van der Waals surface area (Å²) >= 11 is 5.74. The predicted octanol–water partition coefficient (Wildman–Crippen LogP) is 1.58. The molecule has 0 unspecified atom stereocenters. The molecule has 0 atom stereocenters. The number of nitriles is 1. The first-order valence-electron chi connectivity index (χ1n) is 3.67. The Balaban J connectivity index is 3.33. The number of nitrogen functional groups attached to an aromatic ring is 1. The van der Waals surface area contributed by atoms with E-state index < -0.39 is 5.97 Å². The van der Waals surface area contributed by atoms with E-state index >= 15 is 0 Å². The number of rotatable bonds is 1. The minimum atomic E-state index is -0.591. The van der Waals surface area contributed by atoms with E-state index in [0.717, 1.165) is 0 Å². The van der Waals surface area contributed by atoms with Gasteiger partial charge in [0.2, 0.25) is 0 Å². The molecule has 0 radical (unpaired) electrons. The summed E-state index contributed by atoms with van der Waals surface area (Å²) in [6.07, 6.45) is 0. The molecule has 0 amide bonds. The van der Waals surface area contributed by atoms with E-state index in [4.69, 9.17) is 22.6 Å². The molecule has 0 aromatic heterocycles. The van der Waals surface area contributed by atoms with Crippen LogP contribution in [0.15, 0.2) is 12.1 Å². The van der Waals surface area contributed by atoms with Gasteiger partial charge in [-0.3, -0.25) is 0 Å². The summed E-state index contributed by atoms with van der Waals surface area (Å²) < 4.78 is 4.48. The summed E-state index contributed by atoms with van der Waals surface area (Å²) in [6, 6.07) is 4.51. The minimum absolute atomic E-state index is 0.139. The third-order valence-corrected chi connectivity index (χ3v) is 1.98. The molecule has 4 nitrogen and oxygen atoms in total. The first-order valence-corrected chi connectivity index (χ1v) is 4.05. The molecule has 0 heterocycles. The highest BCUT2D eigenvalue weighted by Crippen LogP contribution is 2.23. The SMILES string of the molecule is COC(=O)c1cc(C#N)c(N)cc1Cl. The maximum Gasteiger partial charge on any atom is 0.339 e. The molecule has 0 aliphatic carbocycles. The Morgan fingerprint density at radius 1 is 1.64 bits per heavy atom. The van der Waals surface area contributed by atoms with Crippen LogP contribution in [0, 0.1) is 11.3 Å². The summed E-state index contributed by atoms with van der Waals surface area (Å²) in [5, 5.41) is 8.84. The number of carbonyl (C=O) groups excluding carboxylic acids is 1. The smallest absolute Gasteiger partial charge is 0.339 e. The van der Waals surface area contributed by atoms with Crippen LogP contribution in [0.5, 0.6) is 0 Å². The molecule has 1 aromatic rings. The minimum Gasteiger partial charge on any atom is -0.465 e. The van der Waals surface area contributed by atoms with Gasteiger partial charge < -0.3 is 10.5 Å². The lowest BCUT2D eigenvalue weighted by atomic mass is 10.1. The fraction of sp³-hybridized carbons (Fsp3) is 0.111. The second-order valence-electron chi connectivity index (χ2n) is 2.52. The number of esters is 1. The molecule has 1 aromatic carbocycles. The molecule has 0 aliphatic rings. The Hall–Kier alpha value is -1.73. The van der Waals surface area contributed by atoms with E-state index in [1.807, 2.05) is 6.07 Å². The Kier molecular flexibility index (Phi) is 2.95. The van der Waals surface area contributed by atoms with Crippen LogP contribution in [-0.4, -0.2) is 13.1 Å². The van der Waals surface area contributed by atoms with Crippen LogP contribution < -0.4 is 5.73 Å². The summed E-state index contributed by atoms with van der Waals surface area (Å²) in [7, 11) is 1.24. The number of hydrogen-bond acceptors (Lipinski definition) is 4. The van der Waals surface area contributed by atoms with Gasteiger partial charge in [0, 0.05) is 0 Å². The van der Waals surface area contributed by atoms with Crippen molar-refractivity contribution in [1.29, 1.82) is 5.26 Å². The number of methoxy groups -OCH3 is 1. The quantitative estimate of drug-likeness (QED) is 0.564. The fourth-order valence-corrected chi connectivity index (χ4v) is 1.20. The summed E-state index contributed by atoms with van der Waals surface area (Å²) in [6.45, 7) is 0. The van der Waals surface area contributed by atoms with Crippen LogP contribution in [-0.2, 0) is 4.74 Å². The van der Waals surface area contributed by atoms with E-state index in [1.165, 1.54) is 19.2 Å². The van der Waals surface area contributed by atoms with Crippen LogP contribution in [0.25, 0.3) is 0 Å². The highest BCUT2D eigenvalue weighted by molar-refractivity contribution is 6.34. The standard InChI is InChI=1S/C9H7ClN2O2/c1-14-9(13)6-2-5(4-11)8(12)3-7(6)10/h2-3H,12H2,1H3. The van der Waals surface area contributed by atoms with Gasteiger partial charge in [0.05, 0.1) is 28.9 Å². The Labute approximate surface area is 85.8 Å². The molecule has 72 valence electrons. The highest BCUT2D eigenvalue weighted by atomic mass is 35.5. The molecule has 0 aliphatic heterocycles. The molecule has 0 saturated heterocycles. The number of nitrogens with zero attached hydrogens (tertiary/aromatic N) is 1. The van der Waals surface area contributed by atoms with E-state index in [2.05, 4.69) is 4.74 Å². The van der Waals surface area contributed by atoms with Crippen molar-refractivity contribution >= 4 is 23.3 Å². The molecule has 0 fully saturated rings. The third kappa shape index (κ3) is 1.78. The number of nitrogens with two attached hydrogens (primary N) is 1. The van der Waals surface area contributed by atoms with Crippen LogP contribution in [0.4, 0.5) is 5.69 Å². The van der Waals surface area contributed by atoms with Crippen LogP contribution in [0.3, 0.4) is 0 Å². The molecule has 5 heteroatoms. The first kappa shape index (κ1) is 10.4. The zero-order valence-corrected chi connectivity index (χ0v) is 8.13. The Morgan fingerprint density at radius 3 is 2.79 bits per heavy atom. The van der Waals surface area contributed by atoms with Crippen molar-refractivity contribution in [3.63, 3.8) is 0 Å². The van der Waals surface area contributed by atoms with Crippen molar-refractivity contribution in [2.45, 2.75) is 0 Å². The van der Waals surface area contributed by atoms with E-state index in [9.17, 15) is 4.79 Å². The van der Waals surface area contributed by atoms with Gasteiger partial charge >= 0.3 is 5.97 Å². The summed E-state index contributed by atoms with van der Waals surface area (Å²) in [5.41, 5.74) is 6.07. The van der Waals surface area contributed by atoms with Crippen molar-refractivity contribution in [2.75, 3.05) is 12.8 Å². The lowest BCUT2D eigenvalue weighted by molar-refractivity contribution is 0.0601. The monoisotopic (exact) mass is 210 g/mol. The Bertz CT molecular complexity index is 424. The number of ether oxygens (including phenoxy) is 1. The van der Waals surface area contributed by atoms with Gasteiger partial charge in [0.1, 0.15) is 6.07 Å². The zero-order chi connectivity index (χ0) is 10.7. The largest absolute Gasteiger partial charge is 0.465 e. The molecule has 2 N–H and O–H groups in total. The summed E-state index contributed by atoms with van der Waals surface area (Å²) in [4.78, 5) is 11.2. The molecule has 1 rings (SSSR count). The van der Waals surface area contributed by atoms with Crippen molar-refractivity contribution < 1.29 is 9.53 Å². The van der Waals surface area contributed by atoms with Gasteiger partial charge in [-0.05, 0) is 12.1 Å².